The molecular formula is C14H20N2O3S. The Balaban J connectivity index is 2.10. The maximum Gasteiger partial charge on any atom is 0.253 e. The van der Waals surface area contributed by atoms with Gasteiger partial charge in [-0.25, -0.2) is 8.42 Å². The van der Waals surface area contributed by atoms with Crippen LogP contribution in [0.4, 0.5) is 5.69 Å². The van der Waals surface area contributed by atoms with Crippen molar-refractivity contribution >= 4 is 21.4 Å². The first-order chi connectivity index (χ1) is 9.37. The van der Waals surface area contributed by atoms with Crippen molar-refractivity contribution in [2.24, 2.45) is 0 Å². The molecule has 0 saturated carbocycles. The van der Waals surface area contributed by atoms with Crippen LogP contribution in [-0.4, -0.2) is 50.9 Å². The van der Waals surface area contributed by atoms with E-state index in [4.69, 9.17) is 0 Å². The van der Waals surface area contributed by atoms with E-state index in [0.717, 1.165) is 12.1 Å². The van der Waals surface area contributed by atoms with Crippen molar-refractivity contribution in [2.75, 3.05) is 30.9 Å². The Morgan fingerprint density at radius 2 is 2.10 bits per heavy atom. The highest BCUT2D eigenvalue weighted by molar-refractivity contribution is 7.91. The van der Waals surface area contributed by atoms with E-state index in [1.165, 1.54) is 4.90 Å². The lowest BCUT2D eigenvalue weighted by Gasteiger charge is -2.24. The molecule has 2 rings (SSSR count). The summed E-state index contributed by atoms with van der Waals surface area (Å²) in [6.45, 7) is 0. The van der Waals surface area contributed by atoms with Crippen LogP contribution in [0.5, 0.6) is 0 Å². The summed E-state index contributed by atoms with van der Waals surface area (Å²) in [5.74, 6) is 0.383. The maximum absolute atomic E-state index is 11.9. The number of sulfone groups is 1. The smallest absolute Gasteiger partial charge is 0.253 e. The van der Waals surface area contributed by atoms with E-state index in [2.05, 4.69) is 5.32 Å². The van der Waals surface area contributed by atoms with E-state index in [0.29, 0.717) is 12.0 Å². The molecule has 1 amide bonds. The lowest BCUT2D eigenvalue weighted by atomic mass is 10.1. The van der Waals surface area contributed by atoms with Gasteiger partial charge in [0.1, 0.15) is 0 Å². The fourth-order valence-electron chi connectivity index (χ4n) is 2.37. The number of carbonyl (C=O) groups excluding carboxylic acids is 1. The van der Waals surface area contributed by atoms with Gasteiger partial charge in [0.25, 0.3) is 5.91 Å². The van der Waals surface area contributed by atoms with Crippen molar-refractivity contribution in [1.82, 2.24) is 4.90 Å². The molecule has 1 unspecified atom stereocenters. The van der Waals surface area contributed by atoms with Crippen molar-refractivity contribution in [1.29, 1.82) is 0 Å². The van der Waals surface area contributed by atoms with Crippen molar-refractivity contribution in [2.45, 2.75) is 18.9 Å². The molecule has 0 aromatic heterocycles. The maximum atomic E-state index is 11.9. The fourth-order valence-corrected chi connectivity index (χ4v) is 4.01. The standard InChI is InChI=1S/C14H20N2O3S/c1-16(2)14(17)11-5-3-6-12(9-11)15-13-7-4-8-20(18,19)10-13/h3,5-6,9,13,15H,4,7-8,10H2,1-2H3. The molecule has 1 aliphatic rings. The topological polar surface area (TPSA) is 66.5 Å². The molecule has 1 atom stereocenters. The molecule has 1 aromatic rings. The molecule has 1 N–H and O–H groups in total. The fraction of sp³-hybridized carbons (Fsp3) is 0.500. The van der Waals surface area contributed by atoms with Crippen LogP contribution < -0.4 is 5.32 Å². The first kappa shape index (κ1) is 14.8. The third kappa shape index (κ3) is 3.72. The Morgan fingerprint density at radius 1 is 1.35 bits per heavy atom. The van der Waals surface area contributed by atoms with E-state index in [1.807, 2.05) is 6.07 Å². The monoisotopic (exact) mass is 296 g/mol. The largest absolute Gasteiger partial charge is 0.381 e. The SMILES string of the molecule is CN(C)C(=O)c1cccc(NC2CCCS(=O)(=O)C2)c1. The minimum absolute atomic E-state index is 0.0649. The van der Waals surface area contributed by atoms with Crippen LogP contribution in [0.15, 0.2) is 24.3 Å². The molecule has 1 aliphatic heterocycles. The number of amides is 1. The number of nitrogens with one attached hydrogen (secondary N) is 1. The molecule has 0 radical (unpaired) electrons. The third-order valence-electron chi connectivity index (χ3n) is 3.35. The average molecular weight is 296 g/mol. The molecule has 1 saturated heterocycles. The minimum atomic E-state index is -2.93. The van der Waals surface area contributed by atoms with Gasteiger partial charge in [0.15, 0.2) is 9.84 Å². The lowest BCUT2D eigenvalue weighted by molar-refractivity contribution is 0.0827. The molecular weight excluding hydrogens is 276 g/mol. The van der Waals surface area contributed by atoms with Crippen molar-refractivity contribution < 1.29 is 13.2 Å². The van der Waals surface area contributed by atoms with Gasteiger partial charge in [0, 0.05) is 31.4 Å². The highest BCUT2D eigenvalue weighted by Gasteiger charge is 2.24. The van der Waals surface area contributed by atoms with Gasteiger partial charge in [-0.2, -0.15) is 0 Å². The minimum Gasteiger partial charge on any atom is -0.381 e. The Bertz CT molecular complexity index is 596. The van der Waals surface area contributed by atoms with E-state index < -0.39 is 9.84 Å². The van der Waals surface area contributed by atoms with Crippen LogP contribution in [0.3, 0.4) is 0 Å². The third-order valence-corrected chi connectivity index (χ3v) is 5.17. The molecule has 0 spiro atoms. The highest BCUT2D eigenvalue weighted by Crippen LogP contribution is 2.19. The van der Waals surface area contributed by atoms with Crippen LogP contribution in [0.25, 0.3) is 0 Å². The van der Waals surface area contributed by atoms with Crippen LogP contribution in [-0.2, 0) is 9.84 Å². The Kier molecular flexibility index (Phi) is 4.32. The zero-order chi connectivity index (χ0) is 14.8. The van der Waals surface area contributed by atoms with Gasteiger partial charge in [0.05, 0.1) is 11.5 Å². The zero-order valence-electron chi connectivity index (χ0n) is 11.8. The Labute approximate surface area is 119 Å². The molecule has 1 heterocycles. The second kappa shape index (κ2) is 5.83. The van der Waals surface area contributed by atoms with Crippen molar-refractivity contribution in [3.8, 4) is 0 Å². The summed E-state index contributed by atoms with van der Waals surface area (Å²) in [6, 6.07) is 7.11. The molecule has 1 fully saturated rings. The molecule has 110 valence electrons. The second-order valence-corrected chi connectivity index (χ2v) is 7.61. The van der Waals surface area contributed by atoms with Crippen LogP contribution >= 0.6 is 0 Å². The number of benzene rings is 1. The second-order valence-electron chi connectivity index (χ2n) is 5.38. The normalized spacial score (nSPS) is 21.2. The van der Waals surface area contributed by atoms with Gasteiger partial charge in [-0.15, -0.1) is 0 Å². The molecule has 6 heteroatoms. The summed E-state index contributed by atoms with van der Waals surface area (Å²) in [7, 11) is 0.479. The number of hydrogen-bond donors (Lipinski definition) is 1. The van der Waals surface area contributed by atoms with Gasteiger partial charge < -0.3 is 10.2 Å². The van der Waals surface area contributed by atoms with Gasteiger partial charge in [-0.05, 0) is 31.0 Å². The number of hydrogen-bond acceptors (Lipinski definition) is 4. The van der Waals surface area contributed by atoms with E-state index >= 15 is 0 Å². The van der Waals surface area contributed by atoms with Crippen molar-refractivity contribution in [3.63, 3.8) is 0 Å². The predicted molar refractivity (Wildman–Crippen MR) is 79.8 cm³/mol. The first-order valence-electron chi connectivity index (χ1n) is 6.66. The Hall–Kier alpha value is -1.56. The molecule has 5 nitrogen and oxygen atoms in total. The van der Waals surface area contributed by atoms with Gasteiger partial charge >= 0.3 is 0 Å². The van der Waals surface area contributed by atoms with E-state index in [9.17, 15) is 13.2 Å². The quantitative estimate of drug-likeness (QED) is 0.915. The summed E-state index contributed by atoms with van der Waals surface area (Å²) >= 11 is 0. The highest BCUT2D eigenvalue weighted by atomic mass is 32.2. The van der Waals surface area contributed by atoms with Crippen LogP contribution in [0.1, 0.15) is 23.2 Å². The zero-order valence-corrected chi connectivity index (χ0v) is 12.6. The van der Waals surface area contributed by atoms with Crippen LogP contribution in [0.2, 0.25) is 0 Å². The number of rotatable bonds is 3. The van der Waals surface area contributed by atoms with Gasteiger partial charge in [-0.1, -0.05) is 6.07 Å². The van der Waals surface area contributed by atoms with Crippen LogP contribution in [0, 0.1) is 0 Å². The molecule has 20 heavy (non-hydrogen) atoms. The number of carbonyl (C=O) groups is 1. The average Bonchev–Trinajstić information content (AvgIpc) is 2.37. The summed E-state index contributed by atoms with van der Waals surface area (Å²) in [6.07, 6.45) is 1.53. The van der Waals surface area contributed by atoms with E-state index in [-0.39, 0.29) is 23.5 Å². The summed E-state index contributed by atoms with van der Waals surface area (Å²) in [5, 5.41) is 3.22. The first-order valence-corrected chi connectivity index (χ1v) is 8.48. The predicted octanol–water partition coefficient (Wildman–Crippen LogP) is 1.38. The van der Waals surface area contributed by atoms with Gasteiger partial charge in [0.2, 0.25) is 0 Å². The van der Waals surface area contributed by atoms with Gasteiger partial charge in [-0.3, -0.25) is 4.79 Å². The van der Waals surface area contributed by atoms with E-state index in [1.54, 1.807) is 32.3 Å². The number of anilines is 1. The molecule has 0 bridgehead atoms. The number of nitrogens with zero attached hydrogens (tertiary/aromatic N) is 1. The summed E-state index contributed by atoms with van der Waals surface area (Å²) in [5.41, 5.74) is 1.39. The molecule has 1 aromatic carbocycles. The summed E-state index contributed by atoms with van der Waals surface area (Å²) < 4.78 is 23.2. The Morgan fingerprint density at radius 3 is 2.75 bits per heavy atom. The lowest BCUT2D eigenvalue weighted by Crippen LogP contribution is -2.34. The summed E-state index contributed by atoms with van der Waals surface area (Å²) in [4.78, 5) is 13.4. The van der Waals surface area contributed by atoms with Crippen molar-refractivity contribution in [3.05, 3.63) is 29.8 Å². The molecule has 0 aliphatic carbocycles.